The second kappa shape index (κ2) is 8.63. The molecule has 2 aromatic carbocycles. The van der Waals surface area contributed by atoms with Gasteiger partial charge in [0.1, 0.15) is 0 Å². The molecule has 18 heteroatoms. The van der Waals surface area contributed by atoms with Crippen LogP contribution in [0.3, 0.4) is 0 Å². The topological polar surface area (TPSA) is 139 Å². The fourth-order valence-corrected chi connectivity index (χ4v) is 28.8. The van der Waals surface area contributed by atoms with Gasteiger partial charge in [0.25, 0.3) is 0 Å². The van der Waals surface area contributed by atoms with Gasteiger partial charge in [-0.1, -0.05) is 0 Å². The van der Waals surface area contributed by atoms with Crippen LogP contribution in [-0.4, -0.2) is 39.9 Å². The number of nitrogens with zero attached hydrogens (tertiary/aromatic N) is 8. The van der Waals surface area contributed by atoms with E-state index >= 15 is 0 Å². The van der Waals surface area contributed by atoms with E-state index < -0.39 is 11.5 Å². The number of hydrogen-bond donors (Lipinski definition) is 4. The van der Waals surface area contributed by atoms with Crippen molar-refractivity contribution in [1.29, 1.82) is 0 Å². The predicted octanol–water partition coefficient (Wildman–Crippen LogP) is 7.78. The normalized spacial score (nSPS) is 20.5. The second-order valence-electron chi connectivity index (χ2n) is 8.77. The summed E-state index contributed by atoms with van der Waals surface area (Å²) in [6, 6.07) is 18.4. The Kier molecular flexibility index (Phi) is 5.55. The van der Waals surface area contributed by atoms with Crippen LogP contribution in [0.1, 0.15) is 0 Å². The number of nitrogens with one attached hydrogen (secondary N) is 4. The molecular formula is C22H18Cl4N12P2. The number of halogens is 4. The maximum absolute atomic E-state index is 7.72. The van der Waals surface area contributed by atoms with Crippen LogP contribution in [0.25, 0.3) is 22.3 Å². The molecule has 204 valence electrons. The summed E-state index contributed by atoms with van der Waals surface area (Å²) in [5.74, 6) is -8.60. The van der Waals surface area contributed by atoms with Crippen LogP contribution < -0.4 is 19.1 Å². The first kappa shape index (κ1) is 25.7. The molecule has 6 aromatic rings. The van der Waals surface area contributed by atoms with Crippen LogP contribution in [0.15, 0.2) is 86.0 Å². The van der Waals surface area contributed by atoms with Crippen molar-refractivity contribution < 1.29 is 0 Å². The molecule has 0 saturated carbocycles. The Balaban J connectivity index is 1.49. The van der Waals surface area contributed by atoms with Crippen LogP contribution in [0, 0.1) is 0 Å². The third kappa shape index (κ3) is 3.61. The molecular weight excluding hydrogens is 636 g/mol. The molecule has 0 bridgehead atoms. The third-order valence-electron chi connectivity index (χ3n) is 6.29. The maximum atomic E-state index is 7.72. The summed E-state index contributed by atoms with van der Waals surface area (Å²) in [6.07, 6.45) is 5.75. The Labute approximate surface area is 245 Å². The number of aromatic amines is 2. The molecule has 5 heterocycles. The molecule has 40 heavy (non-hydrogen) atoms. The molecule has 0 amide bonds. The molecule has 4 N–H and O–H groups in total. The summed E-state index contributed by atoms with van der Waals surface area (Å²) in [7, 11) is 0. The molecule has 1 aliphatic heterocycles. The van der Waals surface area contributed by atoms with Crippen molar-refractivity contribution in [3.63, 3.8) is 0 Å². The zero-order valence-electron chi connectivity index (χ0n) is 20.1. The van der Waals surface area contributed by atoms with E-state index in [2.05, 4.69) is 50.0 Å². The SMILES string of the molecule is ClP1(Cl)(Nc2ncnc3nc[nH]c23)N(c2ccccc2)P(Cl)(Cl)(Nc2ncnc3nc[nH]c23)N1c1ccccc1. The van der Waals surface area contributed by atoms with E-state index in [-0.39, 0.29) is 0 Å². The number of fused-ring (bicyclic) bond motifs is 2. The van der Waals surface area contributed by atoms with Gasteiger partial charge in [0, 0.05) is 0 Å². The van der Waals surface area contributed by atoms with Gasteiger partial charge in [-0.15, -0.1) is 0 Å². The Bertz CT molecular complexity index is 1730. The Hall–Kier alpha value is -3.24. The first-order chi connectivity index (χ1) is 19.2. The number of rotatable bonds is 6. The molecule has 1 saturated heterocycles. The van der Waals surface area contributed by atoms with Crippen molar-refractivity contribution >= 4 is 102 Å². The van der Waals surface area contributed by atoms with E-state index in [1.54, 1.807) is 8.88 Å². The molecule has 1 fully saturated rings. The standard InChI is InChI=1S/C22H18Cl4N12P2/c23-39(24,35-21-17-19(29-11-27-17)31-13-33-21)37(15-7-3-1-4-8-15)40(25,26,38(39)16-9-5-2-6-10-16)36-22-18-20(30-12-28-18)32-14-34-22/h1-14H,(H2,27,29,31,33,35)(H2,28,30,32,34,36). The average molecular weight is 654 g/mol. The molecule has 7 rings (SSSR count). The van der Waals surface area contributed by atoms with Crippen molar-refractivity contribution in [1.82, 2.24) is 39.9 Å². The Morgan fingerprint density at radius 2 is 0.950 bits per heavy atom. The number of anilines is 4. The van der Waals surface area contributed by atoms with Gasteiger partial charge < -0.3 is 0 Å². The van der Waals surface area contributed by atoms with E-state index in [4.69, 9.17) is 45.0 Å². The van der Waals surface area contributed by atoms with Crippen molar-refractivity contribution in [3.05, 3.63) is 86.0 Å². The molecule has 0 unspecified atom stereocenters. The first-order valence-corrected chi connectivity index (χ1v) is 19.6. The molecule has 1 aliphatic rings. The number of hydrogen-bond acceptors (Lipinski definition) is 10. The van der Waals surface area contributed by atoms with Gasteiger partial charge in [0.2, 0.25) is 0 Å². The fraction of sp³-hybridized carbons (Fsp3) is 0. The van der Waals surface area contributed by atoms with E-state index in [1.807, 2.05) is 60.7 Å². The Morgan fingerprint density at radius 1 is 0.550 bits per heavy atom. The summed E-state index contributed by atoms with van der Waals surface area (Å²) < 4.78 is 3.26. The van der Waals surface area contributed by atoms with Crippen LogP contribution in [0.5, 0.6) is 0 Å². The third-order valence-corrected chi connectivity index (χ3v) is 22.3. The number of aromatic nitrogens is 8. The molecule has 4 aromatic heterocycles. The molecule has 12 nitrogen and oxygen atoms in total. The van der Waals surface area contributed by atoms with Gasteiger partial charge in [-0.25, -0.2) is 0 Å². The van der Waals surface area contributed by atoms with E-state index in [1.165, 1.54) is 25.3 Å². The van der Waals surface area contributed by atoms with Crippen molar-refractivity contribution in [3.8, 4) is 0 Å². The van der Waals surface area contributed by atoms with Crippen LogP contribution in [0.4, 0.5) is 23.0 Å². The second-order valence-corrected chi connectivity index (χ2v) is 23.5. The van der Waals surface area contributed by atoms with Crippen molar-refractivity contribution in [2.45, 2.75) is 0 Å². The Morgan fingerprint density at radius 3 is 1.35 bits per heavy atom. The van der Waals surface area contributed by atoms with Gasteiger partial charge in [-0.05, 0) is 0 Å². The monoisotopic (exact) mass is 652 g/mol. The minimum atomic E-state index is -4.62. The summed E-state index contributed by atoms with van der Waals surface area (Å²) in [6.45, 7) is 0. The summed E-state index contributed by atoms with van der Waals surface area (Å²) in [4.78, 5) is 31.8. The van der Waals surface area contributed by atoms with Crippen LogP contribution >= 0.6 is 56.5 Å². The summed E-state index contributed by atoms with van der Waals surface area (Å²) in [5, 5.41) is 6.64. The van der Waals surface area contributed by atoms with Crippen molar-refractivity contribution in [2.24, 2.45) is 0 Å². The number of imidazole rings is 2. The van der Waals surface area contributed by atoms with E-state index in [9.17, 15) is 0 Å². The number of H-pyrrole nitrogens is 2. The molecule has 0 aliphatic carbocycles. The quantitative estimate of drug-likeness (QED) is 0.132. The van der Waals surface area contributed by atoms with E-state index in [0.29, 0.717) is 45.3 Å². The average Bonchev–Trinajstić information content (AvgIpc) is 3.60. The summed E-state index contributed by atoms with van der Waals surface area (Å²) >= 11 is 30.9. The summed E-state index contributed by atoms with van der Waals surface area (Å²) in [5.41, 5.74) is 2.99. The first-order valence-electron chi connectivity index (χ1n) is 11.7. The fourth-order valence-electron chi connectivity index (χ4n) is 4.80. The van der Waals surface area contributed by atoms with Crippen molar-refractivity contribution in [2.75, 3.05) is 19.1 Å². The molecule has 0 radical (unpaired) electrons. The molecule has 0 atom stereocenters. The minimum absolute atomic E-state index is 0.316. The number of benzene rings is 2. The predicted molar refractivity (Wildman–Crippen MR) is 166 cm³/mol. The zero-order valence-corrected chi connectivity index (χ0v) is 24.9. The number of para-hydroxylation sites is 2. The van der Waals surface area contributed by atoms with Gasteiger partial charge in [0.05, 0.1) is 0 Å². The van der Waals surface area contributed by atoms with E-state index in [0.717, 1.165) is 0 Å². The zero-order chi connectivity index (χ0) is 27.6. The van der Waals surface area contributed by atoms with Crippen LogP contribution in [-0.2, 0) is 0 Å². The van der Waals surface area contributed by atoms with Crippen LogP contribution in [0.2, 0.25) is 0 Å². The van der Waals surface area contributed by atoms with Gasteiger partial charge in [0.15, 0.2) is 0 Å². The van der Waals surface area contributed by atoms with Gasteiger partial charge in [-0.3, -0.25) is 0 Å². The van der Waals surface area contributed by atoms with Gasteiger partial charge >= 0.3 is 247 Å². The molecule has 0 spiro atoms. The van der Waals surface area contributed by atoms with Gasteiger partial charge in [-0.2, -0.15) is 0 Å².